The minimum Gasteiger partial charge on any atom is -0.387 e. The molecule has 2 aliphatic heterocycles. The predicted molar refractivity (Wildman–Crippen MR) is 174 cm³/mol. The van der Waals surface area contributed by atoms with Crippen molar-refractivity contribution < 1.29 is 75.9 Å². The van der Waals surface area contributed by atoms with Gasteiger partial charge in [-0.3, -0.25) is 18.2 Å². The number of hydrogen-bond acceptors (Lipinski definition) is 21. The van der Waals surface area contributed by atoms with E-state index in [9.17, 15) is 48.8 Å². The van der Waals surface area contributed by atoms with Crippen molar-refractivity contribution in [3.05, 3.63) is 50.9 Å². The topological polar surface area (TPSA) is 359 Å². The maximum absolute atomic E-state index is 12.5. The molecule has 0 amide bonds. The van der Waals surface area contributed by atoms with Crippen LogP contribution in [0.15, 0.2) is 50.9 Å². The monoisotopic (exact) mass is 808 g/mol. The van der Waals surface area contributed by atoms with Gasteiger partial charge in [0.05, 0.1) is 25.9 Å². The molecule has 2 saturated heterocycles. The summed E-state index contributed by atoms with van der Waals surface area (Å²) in [5, 5.41) is 47.8. The molecule has 11 atom stereocenters. The fourth-order valence-electron chi connectivity index (χ4n) is 5.33. The number of hydrogen-bond donors (Lipinski definition) is 9. The SMILES string of the molecule is C=CNc1ncnc2c1ncn2[C@@H]1O[C@H](COP(=O)(O)OP(=O)(O)OP(=O)(O)OC[C@H]2O[C@H](n3cnc4c(NC=C)ncnc43)[C@H](O)[C@@H]2O)[C@@H](O)[C@H]1O. The Morgan fingerprint density at radius 2 is 1.06 bits per heavy atom. The van der Waals surface area contributed by atoms with Crippen molar-refractivity contribution in [3.8, 4) is 0 Å². The average molecular weight is 808 g/mol. The van der Waals surface area contributed by atoms with Gasteiger partial charge in [0.2, 0.25) is 0 Å². The number of phosphoric ester groups is 2. The van der Waals surface area contributed by atoms with Crippen molar-refractivity contribution in [1.82, 2.24) is 39.0 Å². The number of aromatic nitrogens is 8. The van der Waals surface area contributed by atoms with Crippen LogP contribution in [0, 0.1) is 0 Å². The lowest BCUT2D eigenvalue weighted by Gasteiger charge is -2.21. The first-order valence-electron chi connectivity index (χ1n) is 14.9. The third-order valence-electron chi connectivity index (χ3n) is 7.63. The molecule has 0 saturated carbocycles. The van der Waals surface area contributed by atoms with Crippen LogP contribution in [0.3, 0.4) is 0 Å². The van der Waals surface area contributed by atoms with Gasteiger partial charge in [0.25, 0.3) is 0 Å². The largest absolute Gasteiger partial charge is 0.490 e. The first-order valence-corrected chi connectivity index (χ1v) is 19.4. The molecule has 2 aliphatic rings. The Labute approximate surface area is 296 Å². The first kappa shape index (κ1) is 39.1. The van der Waals surface area contributed by atoms with E-state index >= 15 is 0 Å². The summed E-state index contributed by atoms with van der Waals surface area (Å²) in [5.74, 6) is 0.541. The molecule has 0 aliphatic carbocycles. The van der Waals surface area contributed by atoms with Crippen LogP contribution >= 0.6 is 23.5 Å². The third-order valence-corrected chi connectivity index (χ3v) is 11.9. The minimum absolute atomic E-state index is 0.162. The van der Waals surface area contributed by atoms with Crippen molar-refractivity contribution in [2.24, 2.45) is 0 Å². The first-order chi connectivity index (χ1) is 25.0. The van der Waals surface area contributed by atoms with Gasteiger partial charge in [-0.1, -0.05) is 13.2 Å². The summed E-state index contributed by atoms with van der Waals surface area (Å²) >= 11 is 0. The molecular weight excluding hydrogens is 777 g/mol. The molecule has 53 heavy (non-hydrogen) atoms. The zero-order valence-electron chi connectivity index (χ0n) is 26.6. The Balaban J connectivity index is 1.03. The quantitative estimate of drug-likeness (QED) is 0.0637. The smallest absolute Gasteiger partial charge is 0.387 e. The maximum Gasteiger partial charge on any atom is 0.490 e. The van der Waals surface area contributed by atoms with Crippen molar-refractivity contribution in [1.29, 1.82) is 0 Å². The second kappa shape index (κ2) is 15.2. The number of aliphatic hydroxyl groups is 4. The second-order valence-electron chi connectivity index (χ2n) is 11.0. The second-order valence-corrected chi connectivity index (χ2v) is 15.7. The van der Waals surface area contributed by atoms with Gasteiger partial charge in [-0.15, -0.1) is 0 Å². The van der Waals surface area contributed by atoms with Gasteiger partial charge in [0.1, 0.15) is 49.3 Å². The van der Waals surface area contributed by atoms with Crippen LogP contribution in [0.1, 0.15) is 12.5 Å². The zero-order chi connectivity index (χ0) is 38.3. The van der Waals surface area contributed by atoms with E-state index < -0.39 is 85.8 Å². The Bertz CT molecular complexity index is 1990. The number of nitrogens with zero attached hydrogens (tertiary/aromatic N) is 8. The summed E-state index contributed by atoms with van der Waals surface area (Å²) in [4.78, 5) is 54.6. The number of aliphatic hydroxyl groups excluding tert-OH is 4. The normalized spacial score (nSPS) is 29.4. The summed E-state index contributed by atoms with van der Waals surface area (Å²) < 4.78 is 68.6. The van der Waals surface area contributed by atoms with Gasteiger partial charge in [-0.05, 0) is 12.4 Å². The van der Waals surface area contributed by atoms with E-state index in [-0.39, 0.29) is 34.0 Å². The van der Waals surface area contributed by atoms with E-state index in [4.69, 9.17) is 9.47 Å². The maximum atomic E-state index is 12.5. The standard InChI is InChI=1S/C24H31N10O16P3/c1-3-25-19-13-21(29-7-27-19)33(9-31-13)23-17(37)15(35)11(47-23)5-45-51(39,40)49-53(43,44)50-52(41,42)46-6-12-16(36)18(38)24(48-12)34-10-32-14-20(26-4-2)28-8-30-22(14)34/h3-4,7-12,15-18,23-24,35-38H,1-2,5-6H2,(H,39,40)(H,41,42)(H,43,44)(H,25,27,29)(H,26,28,30)/t11-,12-,15-,16-,17-,18-,23-,24+/m1/s1. The number of anilines is 2. The van der Waals surface area contributed by atoms with Crippen LogP contribution in [0.2, 0.25) is 0 Å². The number of ether oxygens (including phenoxy) is 2. The molecule has 0 bridgehead atoms. The summed E-state index contributed by atoms with van der Waals surface area (Å²) in [6.45, 7) is 5.02. The fraction of sp³-hybridized carbons (Fsp3) is 0.417. The summed E-state index contributed by atoms with van der Waals surface area (Å²) in [6.07, 6.45) is -5.08. The van der Waals surface area contributed by atoms with Crippen LogP contribution in [0.4, 0.5) is 11.6 Å². The van der Waals surface area contributed by atoms with E-state index in [0.29, 0.717) is 0 Å². The van der Waals surface area contributed by atoms with Crippen LogP contribution in [0.5, 0.6) is 0 Å². The fourth-order valence-corrected chi connectivity index (χ4v) is 8.85. The van der Waals surface area contributed by atoms with Crippen LogP contribution < -0.4 is 10.6 Å². The number of phosphoric acid groups is 3. The van der Waals surface area contributed by atoms with Crippen LogP contribution in [0.25, 0.3) is 22.3 Å². The van der Waals surface area contributed by atoms with Crippen molar-refractivity contribution >= 4 is 57.4 Å². The molecule has 0 radical (unpaired) electrons. The molecular formula is C24H31N10O16P3. The number of rotatable bonds is 16. The summed E-state index contributed by atoms with van der Waals surface area (Å²) in [5.41, 5.74) is 0.821. The molecule has 3 unspecified atom stereocenters. The van der Waals surface area contributed by atoms with Crippen molar-refractivity contribution in [2.45, 2.75) is 49.1 Å². The van der Waals surface area contributed by atoms with Gasteiger partial charge in [0.15, 0.2) is 46.4 Å². The van der Waals surface area contributed by atoms with Gasteiger partial charge in [-0.2, -0.15) is 8.62 Å². The van der Waals surface area contributed by atoms with Gasteiger partial charge in [-0.25, -0.2) is 43.6 Å². The highest BCUT2D eigenvalue weighted by atomic mass is 31.3. The van der Waals surface area contributed by atoms with Gasteiger partial charge in [0, 0.05) is 0 Å². The Morgan fingerprint density at radius 1 is 0.660 bits per heavy atom. The average Bonchev–Trinajstić information content (AvgIpc) is 3.84. The van der Waals surface area contributed by atoms with Crippen LogP contribution in [-0.2, 0) is 40.8 Å². The van der Waals surface area contributed by atoms with Crippen molar-refractivity contribution in [2.75, 3.05) is 23.8 Å². The molecule has 288 valence electrons. The van der Waals surface area contributed by atoms with E-state index in [1.165, 1.54) is 46.8 Å². The molecule has 0 spiro atoms. The number of imidazole rings is 2. The van der Waals surface area contributed by atoms with Gasteiger partial charge >= 0.3 is 23.5 Å². The summed E-state index contributed by atoms with van der Waals surface area (Å²) in [6, 6.07) is 0. The Hall–Kier alpha value is -3.65. The Kier molecular flexibility index (Phi) is 11.2. The van der Waals surface area contributed by atoms with Crippen LogP contribution in [-0.4, -0.2) is 124 Å². The highest BCUT2D eigenvalue weighted by molar-refractivity contribution is 7.66. The molecule has 29 heteroatoms. The molecule has 4 aromatic rings. The lowest BCUT2D eigenvalue weighted by molar-refractivity contribution is -0.0510. The molecule has 26 nitrogen and oxygen atoms in total. The molecule has 0 aromatic carbocycles. The highest BCUT2D eigenvalue weighted by Crippen LogP contribution is 2.67. The van der Waals surface area contributed by atoms with E-state index in [2.05, 4.69) is 71.4 Å². The Morgan fingerprint density at radius 3 is 1.43 bits per heavy atom. The van der Waals surface area contributed by atoms with E-state index in [1.54, 1.807) is 0 Å². The predicted octanol–water partition coefficient (Wildman–Crippen LogP) is -0.617. The zero-order valence-corrected chi connectivity index (χ0v) is 29.3. The molecule has 4 aromatic heterocycles. The molecule has 9 N–H and O–H groups in total. The summed E-state index contributed by atoms with van der Waals surface area (Å²) in [7, 11) is -17.2. The molecule has 6 heterocycles. The van der Waals surface area contributed by atoms with E-state index in [0.717, 1.165) is 0 Å². The molecule has 6 rings (SSSR count). The number of nitrogens with one attached hydrogen (secondary N) is 2. The highest BCUT2D eigenvalue weighted by Gasteiger charge is 2.49. The minimum atomic E-state index is -5.95. The number of fused-ring (bicyclic) bond motifs is 2. The van der Waals surface area contributed by atoms with Gasteiger partial charge < -0.3 is 55.2 Å². The lowest BCUT2D eigenvalue weighted by Crippen LogP contribution is -2.33. The van der Waals surface area contributed by atoms with E-state index in [1.807, 2.05) is 0 Å². The lowest BCUT2D eigenvalue weighted by atomic mass is 10.1. The van der Waals surface area contributed by atoms with Crippen molar-refractivity contribution in [3.63, 3.8) is 0 Å². The molecule has 2 fully saturated rings. The third kappa shape index (κ3) is 8.23.